The maximum absolute atomic E-state index is 13.7. The molecule has 6 nitrogen and oxygen atoms in total. The molecule has 0 saturated heterocycles. The van der Waals surface area contributed by atoms with Crippen molar-refractivity contribution in [3.63, 3.8) is 0 Å². The van der Waals surface area contributed by atoms with Gasteiger partial charge in [0.1, 0.15) is 23.4 Å². The Morgan fingerprint density at radius 1 is 0.853 bits per heavy atom. The van der Waals surface area contributed by atoms with Gasteiger partial charge < -0.3 is 5.32 Å². The topological polar surface area (TPSA) is 75.2 Å². The molecule has 8 heteroatoms. The number of hydrogen-bond acceptors (Lipinski definition) is 4. The number of hydrogen-bond donors (Lipinski definition) is 1. The zero-order valence-electron chi connectivity index (χ0n) is 18.2. The Morgan fingerprint density at radius 2 is 1.47 bits per heavy atom. The minimum atomic E-state index is -1.19. The molecule has 0 aliphatic carbocycles. The number of carbonyl (C=O) groups excluding carboxylic acids is 2. The lowest BCUT2D eigenvalue weighted by molar-refractivity contribution is -0.117. The van der Waals surface area contributed by atoms with Crippen LogP contribution in [-0.4, -0.2) is 21.8 Å². The molecule has 3 aromatic carbocycles. The largest absolute Gasteiger partial charge is 0.324 e. The van der Waals surface area contributed by atoms with Crippen molar-refractivity contribution in [1.82, 2.24) is 9.97 Å². The normalized spacial score (nSPS) is 11.5. The Balaban J connectivity index is 1.83. The lowest BCUT2D eigenvalue weighted by Crippen LogP contribution is -2.42. The highest BCUT2D eigenvalue weighted by Gasteiger charge is 2.34. The molecule has 0 aliphatic heterocycles. The first-order chi connectivity index (χ1) is 16.4. The molecule has 1 atom stereocenters. The van der Waals surface area contributed by atoms with Gasteiger partial charge in [-0.2, -0.15) is 0 Å². The predicted molar refractivity (Wildman–Crippen MR) is 124 cm³/mol. The molecule has 0 aliphatic rings. The van der Waals surface area contributed by atoms with Crippen molar-refractivity contribution in [2.75, 3.05) is 10.2 Å². The van der Waals surface area contributed by atoms with Crippen LogP contribution >= 0.6 is 0 Å². The fourth-order valence-electron chi connectivity index (χ4n) is 3.43. The van der Waals surface area contributed by atoms with Crippen LogP contribution in [0.5, 0.6) is 0 Å². The van der Waals surface area contributed by atoms with Gasteiger partial charge in [-0.1, -0.05) is 29.8 Å². The zero-order chi connectivity index (χ0) is 24.1. The number of nitrogens with zero attached hydrogens (tertiary/aromatic N) is 3. The van der Waals surface area contributed by atoms with Gasteiger partial charge in [-0.05, 0) is 61.0 Å². The van der Waals surface area contributed by atoms with Crippen molar-refractivity contribution >= 4 is 23.2 Å². The van der Waals surface area contributed by atoms with E-state index in [-0.39, 0.29) is 5.69 Å². The number of amides is 2. The van der Waals surface area contributed by atoms with E-state index in [9.17, 15) is 18.4 Å². The number of nitrogens with one attached hydrogen (secondary N) is 1. The van der Waals surface area contributed by atoms with Crippen LogP contribution in [0.1, 0.15) is 27.7 Å². The minimum absolute atomic E-state index is 0.0322. The highest BCUT2D eigenvalue weighted by molar-refractivity contribution is 6.11. The second-order valence-corrected chi connectivity index (χ2v) is 7.55. The molecule has 0 radical (unpaired) electrons. The number of benzene rings is 3. The van der Waals surface area contributed by atoms with E-state index in [1.165, 1.54) is 72.0 Å². The summed E-state index contributed by atoms with van der Waals surface area (Å²) >= 11 is 0. The first kappa shape index (κ1) is 22.7. The van der Waals surface area contributed by atoms with Crippen molar-refractivity contribution in [3.8, 4) is 0 Å². The molecule has 0 fully saturated rings. The Bertz CT molecular complexity index is 1280. The van der Waals surface area contributed by atoms with Crippen molar-refractivity contribution in [2.45, 2.75) is 13.0 Å². The Labute approximate surface area is 194 Å². The first-order valence-corrected chi connectivity index (χ1v) is 10.4. The number of aromatic nitrogens is 2. The van der Waals surface area contributed by atoms with Crippen LogP contribution in [-0.2, 0) is 4.79 Å². The van der Waals surface area contributed by atoms with Crippen LogP contribution in [0, 0.1) is 18.6 Å². The summed E-state index contributed by atoms with van der Waals surface area (Å²) in [6.45, 7) is 1.90. The molecule has 4 rings (SSSR count). The number of aryl methyl sites for hydroxylation is 1. The van der Waals surface area contributed by atoms with Crippen LogP contribution in [0.15, 0.2) is 91.4 Å². The average Bonchev–Trinajstić information content (AvgIpc) is 2.85. The van der Waals surface area contributed by atoms with Crippen LogP contribution in [0.3, 0.4) is 0 Å². The van der Waals surface area contributed by atoms with Gasteiger partial charge in [-0.25, -0.2) is 13.8 Å². The molecule has 2 amide bonds. The average molecular weight is 458 g/mol. The second-order valence-electron chi connectivity index (χ2n) is 7.55. The Hall–Kier alpha value is -4.46. The van der Waals surface area contributed by atoms with Crippen LogP contribution in [0.4, 0.5) is 20.2 Å². The lowest BCUT2D eigenvalue weighted by Gasteiger charge is -2.31. The van der Waals surface area contributed by atoms with Crippen molar-refractivity contribution in [2.24, 2.45) is 0 Å². The maximum Gasteiger partial charge on any atom is 0.279 e. The molecule has 1 aromatic heterocycles. The second kappa shape index (κ2) is 9.99. The molecule has 0 saturated carbocycles. The van der Waals surface area contributed by atoms with E-state index in [1.807, 2.05) is 19.1 Å². The first-order valence-electron chi connectivity index (χ1n) is 10.4. The Kier molecular flexibility index (Phi) is 6.68. The summed E-state index contributed by atoms with van der Waals surface area (Å²) < 4.78 is 27.0. The van der Waals surface area contributed by atoms with Crippen molar-refractivity contribution < 1.29 is 18.4 Å². The highest BCUT2D eigenvalue weighted by Crippen LogP contribution is 2.31. The monoisotopic (exact) mass is 458 g/mol. The van der Waals surface area contributed by atoms with E-state index in [0.717, 1.165) is 5.56 Å². The molecule has 0 bridgehead atoms. The summed E-state index contributed by atoms with van der Waals surface area (Å²) in [5, 5.41) is 2.72. The molecule has 1 heterocycles. The molecular weight excluding hydrogens is 438 g/mol. The van der Waals surface area contributed by atoms with E-state index < -0.39 is 29.5 Å². The fourth-order valence-corrected chi connectivity index (χ4v) is 3.43. The van der Waals surface area contributed by atoms with E-state index >= 15 is 0 Å². The number of anilines is 2. The molecule has 1 unspecified atom stereocenters. The van der Waals surface area contributed by atoms with Gasteiger partial charge in [0, 0.05) is 23.8 Å². The van der Waals surface area contributed by atoms with Gasteiger partial charge in [-0.15, -0.1) is 0 Å². The molecular formula is C26H20F2N4O2. The van der Waals surface area contributed by atoms with Crippen LogP contribution < -0.4 is 10.2 Å². The zero-order valence-corrected chi connectivity index (χ0v) is 18.2. The third kappa shape index (κ3) is 5.12. The third-order valence-electron chi connectivity index (χ3n) is 5.12. The van der Waals surface area contributed by atoms with Gasteiger partial charge in [0.15, 0.2) is 0 Å². The maximum atomic E-state index is 13.7. The van der Waals surface area contributed by atoms with Crippen molar-refractivity contribution in [3.05, 3.63) is 120 Å². The smallest absolute Gasteiger partial charge is 0.279 e. The Morgan fingerprint density at radius 3 is 2.06 bits per heavy atom. The number of rotatable bonds is 6. The van der Waals surface area contributed by atoms with Gasteiger partial charge in [0.05, 0.1) is 6.20 Å². The summed E-state index contributed by atoms with van der Waals surface area (Å²) in [6, 6.07) is 16.4. The molecule has 34 heavy (non-hydrogen) atoms. The third-order valence-corrected chi connectivity index (χ3v) is 5.12. The van der Waals surface area contributed by atoms with E-state index in [0.29, 0.717) is 16.9 Å². The molecule has 0 spiro atoms. The number of carbonyl (C=O) groups is 2. The van der Waals surface area contributed by atoms with Crippen LogP contribution in [0.25, 0.3) is 0 Å². The van der Waals surface area contributed by atoms with Gasteiger partial charge in [0.2, 0.25) is 0 Å². The van der Waals surface area contributed by atoms with Gasteiger partial charge in [0.25, 0.3) is 11.8 Å². The minimum Gasteiger partial charge on any atom is -0.324 e. The van der Waals surface area contributed by atoms with Gasteiger partial charge in [-0.3, -0.25) is 19.5 Å². The standard InChI is InChI=1S/C26H20F2N4O2/c1-17-2-12-22(13-3-17)32(26(34)23-16-29-14-15-30-23)24(18-4-6-19(27)7-5-18)25(33)31-21-10-8-20(28)9-11-21/h2-16,24H,1H3,(H,31,33). The SMILES string of the molecule is Cc1ccc(N(C(=O)c2cnccn2)C(C(=O)Nc2ccc(F)cc2)c2ccc(F)cc2)cc1. The van der Waals surface area contributed by atoms with Crippen LogP contribution in [0.2, 0.25) is 0 Å². The number of halogens is 2. The molecule has 170 valence electrons. The van der Waals surface area contributed by atoms with E-state index in [1.54, 1.807) is 12.1 Å². The molecule has 1 N–H and O–H groups in total. The quantitative estimate of drug-likeness (QED) is 0.437. The van der Waals surface area contributed by atoms with E-state index in [2.05, 4.69) is 15.3 Å². The summed E-state index contributed by atoms with van der Waals surface area (Å²) in [6.07, 6.45) is 4.13. The summed E-state index contributed by atoms with van der Waals surface area (Å²) in [4.78, 5) is 36.6. The summed E-state index contributed by atoms with van der Waals surface area (Å²) in [5.41, 5.74) is 2.15. The van der Waals surface area contributed by atoms with Crippen molar-refractivity contribution in [1.29, 1.82) is 0 Å². The fraction of sp³-hybridized carbons (Fsp3) is 0.0769. The summed E-state index contributed by atoms with van der Waals surface area (Å²) in [5.74, 6) is -2.08. The molecule has 4 aromatic rings. The van der Waals surface area contributed by atoms with Gasteiger partial charge >= 0.3 is 0 Å². The summed E-state index contributed by atoms with van der Waals surface area (Å²) in [7, 11) is 0. The predicted octanol–water partition coefficient (Wildman–Crippen LogP) is 5.09. The van der Waals surface area contributed by atoms with E-state index in [4.69, 9.17) is 0 Å². The lowest BCUT2D eigenvalue weighted by atomic mass is 10.0. The highest BCUT2D eigenvalue weighted by atomic mass is 19.1.